The predicted octanol–water partition coefficient (Wildman–Crippen LogP) is 6.08. The van der Waals surface area contributed by atoms with Crippen LogP contribution in [0.5, 0.6) is 5.75 Å². The molecule has 1 N–H and O–H groups in total. The molecule has 35 heavy (non-hydrogen) atoms. The lowest BCUT2D eigenvalue weighted by Gasteiger charge is -2.29. The van der Waals surface area contributed by atoms with Gasteiger partial charge in [-0.1, -0.05) is 60.2 Å². The van der Waals surface area contributed by atoms with Crippen molar-refractivity contribution in [3.8, 4) is 5.75 Å². The largest absolute Gasteiger partial charge is 0.488 e. The van der Waals surface area contributed by atoms with E-state index < -0.39 is 11.9 Å². The summed E-state index contributed by atoms with van der Waals surface area (Å²) in [5, 5.41) is 3.30. The fourth-order valence-electron chi connectivity index (χ4n) is 4.82. The van der Waals surface area contributed by atoms with Crippen LogP contribution in [0, 0.1) is 6.92 Å². The average Bonchev–Trinajstić information content (AvgIpc) is 3.13. The molecule has 0 bridgehead atoms. The summed E-state index contributed by atoms with van der Waals surface area (Å²) in [6.07, 6.45) is 0. The number of hydrogen-bond donors (Lipinski definition) is 1. The molecule has 1 aliphatic heterocycles. The minimum Gasteiger partial charge on any atom is -0.488 e. The van der Waals surface area contributed by atoms with Crippen LogP contribution >= 0.6 is 15.9 Å². The van der Waals surface area contributed by atoms with Gasteiger partial charge in [-0.25, -0.2) is 4.79 Å². The van der Waals surface area contributed by atoms with Crippen LogP contribution in [0.2, 0.25) is 0 Å². The number of dihydropyridines is 1. The maximum atomic E-state index is 13.5. The molecule has 3 aromatic carbocycles. The summed E-state index contributed by atoms with van der Waals surface area (Å²) >= 11 is 3.63. The summed E-state index contributed by atoms with van der Waals surface area (Å²) in [5.41, 5.74) is 6.92. The lowest BCUT2D eigenvalue weighted by molar-refractivity contribution is -0.136. The van der Waals surface area contributed by atoms with E-state index in [1.807, 2.05) is 74.5 Å². The first-order chi connectivity index (χ1) is 16.9. The van der Waals surface area contributed by atoms with E-state index in [9.17, 15) is 9.59 Å². The average molecular weight is 530 g/mol. The Labute approximate surface area is 212 Å². The Kier molecular flexibility index (Phi) is 6.07. The van der Waals surface area contributed by atoms with Crippen LogP contribution in [0.25, 0.3) is 5.70 Å². The van der Waals surface area contributed by atoms with Gasteiger partial charge in [0.05, 0.1) is 22.9 Å². The number of methoxy groups -OCH3 is 1. The molecule has 2 aliphatic rings. The SMILES string of the molecule is COC(=O)C1=C(C)NC2=C(C(=O)c3ccccc32)[C@@H]1c1ccc(OCc2cccc(C)c2)c(Br)c1. The molecule has 0 aromatic heterocycles. The van der Waals surface area contributed by atoms with E-state index in [1.54, 1.807) is 0 Å². The topological polar surface area (TPSA) is 64.6 Å². The van der Waals surface area contributed by atoms with Crippen LogP contribution in [0.3, 0.4) is 0 Å². The number of esters is 1. The normalized spacial score (nSPS) is 16.6. The van der Waals surface area contributed by atoms with Crippen molar-refractivity contribution in [1.82, 2.24) is 5.32 Å². The summed E-state index contributed by atoms with van der Waals surface area (Å²) < 4.78 is 11.9. The van der Waals surface area contributed by atoms with E-state index >= 15 is 0 Å². The molecule has 5 rings (SSSR count). The van der Waals surface area contributed by atoms with Gasteiger partial charge < -0.3 is 14.8 Å². The molecule has 5 nitrogen and oxygen atoms in total. The summed E-state index contributed by atoms with van der Waals surface area (Å²) in [4.78, 5) is 26.4. The molecule has 3 aromatic rings. The van der Waals surface area contributed by atoms with Gasteiger partial charge in [-0.15, -0.1) is 0 Å². The van der Waals surface area contributed by atoms with Crippen molar-refractivity contribution in [3.05, 3.63) is 116 Å². The Balaban J connectivity index is 1.54. The van der Waals surface area contributed by atoms with E-state index in [-0.39, 0.29) is 5.78 Å². The number of allylic oxidation sites excluding steroid dienone is 2. The van der Waals surface area contributed by atoms with Crippen molar-refractivity contribution in [1.29, 1.82) is 0 Å². The maximum absolute atomic E-state index is 13.5. The minimum absolute atomic E-state index is 0.0853. The van der Waals surface area contributed by atoms with Gasteiger partial charge in [0.1, 0.15) is 12.4 Å². The second kappa shape index (κ2) is 9.19. The Morgan fingerprint density at radius 3 is 2.49 bits per heavy atom. The molecule has 0 fully saturated rings. The van der Waals surface area contributed by atoms with Crippen molar-refractivity contribution in [2.24, 2.45) is 0 Å². The maximum Gasteiger partial charge on any atom is 0.336 e. The van der Waals surface area contributed by atoms with Crippen LogP contribution in [-0.2, 0) is 16.1 Å². The summed E-state index contributed by atoms with van der Waals surface area (Å²) in [5.74, 6) is -0.440. The Morgan fingerprint density at radius 1 is 1.00 bits per heavy atom. The number of Topliss-reactive ketones (excluding diaryl/α,β-unsaturated/α-hetero) is 1. The number of halogens is 1. The smallest absolute Gasteiger partial charge is 0.336 e. The second-order valence-electron chi connectivity index (χ2n) is 8.72. The third-order valence-corrected chi connectivity index (χ3v) is 7.04. The summed E-state index contributed by atoms with van der Waals surface area (Å²) in [6.45, 7) is 4.32. The van der Waals surface area contributed by atoms with Gasteiger partial charge in [0.15, 0.2) is 5.78 Å². The van der Waals surface area contributed by atoms with Crippen LogP contribution < -0.4 is 10.1 Å². The number of rotatable bonds is 5. The molecular formula is C29H24BrNO4. The van der Waals surface area contributed by atoms with E-state index in [0.717, 1.165) is 26.9 Å². The van der Waals surface area contributed by atoms with Crippen LogP contribution in [0.1, 0.15) is 45.5 Å². The molecule has 0 spiro atoms. The van der Waals surface area contributed by atoms with Gasteiger partial charge in [0.2, 0.25) is 0 Å². The van der Waals surface area contributed by atoms with Crippen molar-refractivity contribution in [2.45, 2.75) is 26.4 Å². The molecule has 6 heteroatoms. The molecule has 0 radical (unpaired) electrons. The van der Waals surface area contributed by atoms with Gasteiger partial charge in [-0.05, 0) is 53.0 Å². The van der Waals surface area contributed by atoms with Crippen molar-refractivity contribution in [3.63, 3.8) is 0 Å². The number of hydrogen-bond acceptors (Lipinski definition) is 5. The first kappa shape index (κ1) is 23.1. The van der Waals surface area contributed by atoms with Gasteiger partial charge in [0, 0.05) is 28.3 Å². The lowest BCUT2D eigenvalue weighted by Crippen LogP contribution is -2.29. The van der Waals surface area contributed by atoms with E-state index in [4.69, 9.17) is 9.47 Å². The molecule has 1 atom stereocenters. The molecular weight excluding hydrogens is 506 g/mol. The van der Waals surface area contributed by atoms with E-state index in [1.165, 1.54) is 12.7 Å². The molecule has 0 unspecified atom stereocenters. The molecule has 176 valence electrons. The lowest BCUT2D eigenvalue weighted by atomic mass is 9.80. The zero-order valence-corrected chi connectivity index (χ0v) is 21.2. The van der Waals surface area contributed by atoms with Crippen LogP contribution in [0.4, 0.5) is 0 Å². The van der Waals surface area contributed by atoms with Crippen molar-refractivity contribution < 1.29 is 19.1 Å². The number of carbonyl (C=O) groups is 2. The number of fused-ring (bicyclic) bond motifs is 2. The quantitative estimate of drug-likeness (QED) is 0.406. The molecule has 0 saturated carbocycles. The summed E-state index contributed by atoms with van der Waals surface area (Å²) in [7, 11) is 1.35. The number of aryl methyl sites for hydroxylation is 1. The Morgan fingerprint density at radius 2 is 1.77 bits per heavy atom. The number of ether oxygens (including phenoxy) is 2. The monoisotopic (exact) mass is 529 g/mol. The Bertz CT molecular complexity index is 1440. The third-order valence-electron chi connectivity index (χ3n) is 6.42. The van der Waals surface area contributed by atoms with Crippen LogP contribution in [-0.4, -0.2) is 18.9 Å². The highest BCUT2D eigenvalue weighted by molar-refractivity contribution is 9.10. The van der Waals surface area contributed by atoms with Gasteiger partial charge in [0.25, 0.3) is 0 Å². The number of benzene rings is 3. The summed E-state index contributed by atoms with van der Waals surface area (Å²) in [6, 6.07) is 21.4. The fraction of sp³-hybridized carbons (Fsp3) is 0.172. The van der Waals surface area contributed by atoms with Gasteiger partial charge in [-0.2, -0.15) is 0 Å². The standard InChI is InChI=1S/C29H24BrNO4/c1-16-7-6-8-18(13-16)15-35-23-12-11-19(14-22(23)30)25-24(29(33)34-3)17(2)31-27-20-9-4-5-10-21(20)28(32)26(25)27/h4-14,25,31H,15H2,1-3H3/t25-/m1/s1. The van der Waals surface area contributed by atoms with Crippen molar-refractivity contribution >= 4 is 33.4 Å². The van der Waals surface area contributed by atoms with Gasteiger partial charge in [-0.3, -0.25) is 4.79 Å². The Hall–Kier alpha value is -3.64. The predicted molar refractivity (Wildman–Crippen MR) is 138 cm³/mol. The number of ketones is 1. The van der Waals surface area contributed by atoms with Crippen LogP contribution in [0.15, 0.2) is 88.0 Å². The highest BCUT2D eigenvalue weighted by Gasteiger charge is 2.42. The molecule has 0 saturated heterocycles. The van der Waals surface area contributed by atoms with Crippen molar-refractivity contribution in [2.75, 3.05) is 7.11 Å². The number of carbonyl (C=O) groups excluding carboxylic acids is 2. The molecule has 1 aliphatic carbocycles. The first-order valence-electron chi connectivity index (χ1n) is 11.3. The third kappa shape index (κ3) is 4.08. The number of nitrogens with one attached hydrogen (secondary N) is 1. The second-order valence-corrected chi connectivity index (χ2v) is 9.57. The zero-order chi connectivity index (χ0) is 24.7. The van der Waals surface area contributed by atoms with E-state index in [0.29, 0.717) is 34.8 Å². The first-order valence-corrected chi connectivity index (χ1v) is 12.1. The fourth-order valence-corrected chi connectivity index (χ4v) is 5.33. The minimum atomic E-state index is -0.569. The molecule has 1 heterocycles. The van der Waals surface area contributed by atoms with Gasteiger partial charge >= 0.3 is 5.97 Å². The zero-order valence-electron chi connectivity index (χ0n) is 19.6. The highest BCUT2D eigenvalue weighted by atomic mass is 79.9. The highest BCUT2D eigenvalue weighted by Crippen LogP contribution is 2.47. The molecule has 0 amide bonds. The van der Waals surface area contributed by atoms with E-state index in [2.05, 4.69) is 27.3 Å².